The van der Waals surface area contributed by atoms with Crippen molar-refractivity contribution in [3.8, 4) is 39.1 Å². The van der Waals surface area contributed by atoms with Crippen LogP contribution in [0.3, 0.4) is 0 Å². The van der Waals surface area contributed by atoms with Crippen LogP contribution in [0, 0.1) is 0 Å². The van der Waals surface area contributed by atoms with Crippen LogP contribution in [0.25, 0.3) is 44.2 Å². The number of methoxy groups -OCH3 is 1. The minimum Gasteiger partial charge on any atom is -0.496 e. The Hall–Kier alpha value is -3.06. The molecule has 0 amide bonds. The van der Waals surface area contributed by atoms with Crippen LogP contribution in [0.5, 0.6) is 5.75 Å². The third-order valence-electron chi connectivity index (χ3n) is 4.95. The Bertz CT molecular complexity index is 1060. The quantitative estimate of drug-likeness (QED) is 0.379. The highest BCUT2D eigenvalue weighted by molar-refractivity contribution is 6.18. The molecule has 114 valence electrons. The first-order chi connectivity index (χ1) is 11.9. The first-order valence-corrected chi connectivity index (χ1v) is 8.17. The Balaban J connectivity index is 1.89. The van der Waals surface area contributed by atoms with E-state index in [4.69, 9.17) is 4.74 Å². The van der Waals surface area contributed by atoms with Crippen LogP contribution < -0.4 is 4.74 Å². The van der Waals surface area contributed by atoms with Gasteiger partial charge in [0.15, 0.2) is 0 Å². The van der Waals surface area contributed by atoms with Crippen molar-refractivity contribution in [2.45, 2.75) is 0 Å². The molecule has 0 fully saturated rings. The number of hydrogen-bond donors (Lipinski definition) is 0. The lowest BCUT2D eigenvalue weighted by atomic mass is 9.94. The first kappa shape index (κ1) is 13.4. The smallest absolute Gasteiger partial charge is 0.126 e. The summed E-state index contributed by atoms with van der Waals surface area (Å²) in [6, 6.07) is 28.0. The lowest BCUT2D eigenvalue weighted by Crippen LogP contribution is -1.89. The van der Waals surface area contributed by atoms with E-state index in [1.165, 1.54) is 38.6 Å². The molecule has 0 N–H and O–H groups in total. The number of benzene rings is 4. The summed E-state index contributed by atoms with van der Waals surface area (Å²) in [7, 11) is 1.73. The van der Waals surface area contributed by atoms with E-state index < -0.39 is 0 Å². The van der Waals surface area contributed by atoms with Gasteiger partial charge in [-0.15, -0.1) is 0 Å². The molecule has 0 saturated heterocycles. The Morgan fingerprint density at radius 2 is 1.08 bits per heavy atom. The van der Waals surface area contributed by atoms with Gasteiger partial charge in [-0.1, -0.05) is 72.8 Å². The van der Waals surface area contributed by atoms with Crippen molar-refractivity contribution in [2.24, 2.45) is 0 Å². The monoisotopic (exact) mass is 308 g/mol. The predicted molar refractivity (Wildman–Crippen MR) is 100 cm³/mol. The van der Waals surface area contributed by atoms with Gasteiger partial charge < -0.3 is 4.74 Å². The number of hydrogen-bond acceptors (Lipinski definition) is 1. The van der Waals surface area contributed by atoms with Crippen LogP contribution >= 0.6 is 0 Å². The van der Waals surface area contributed by atoms with Gasteiger partial charge in [0.1, 0.15) is 5.75 Å². The molecule has 1 aliphatic rings. The van der Waals surface area contributed by atoms with Crippen molar-refractivity contribution in [2.75, 3.05) is 7.11 Å². The third-order valence-corrected chi connectivity index (χ3v) is 4.95. The lowest BCUT2D eigenvalue weighted by molar-refractivity contribution is 0.416. The zero-order chi connectivity index (χ0) is 16.1. The van der Waals surface area contributed by atoms with Gasteiger partial charge in [-0.05, 0) is 44.7 Å². The molecule has 0 bridgehead atoms. The molecule has 4 aromatic carbocycles. The van der Waals surface area contributed by atoms with Crippen molar-refractivity contribution in [1.29, 1.82) is 0 Å². The molecule has 1 aliphatic carbocycles. The molecule has 0 aliphatic heterocycles. The second-order valence-corrected chi connectivity index (χ2v) is 6.13. The van der Waals surface area contributed by atoms with Gasteiger partial charge >= 0.3 is 0 Å². The summed E-state index contributed by atoms with van der Waals surface area (Å²) >= 11 is 0. The van der Waals surface area contributed by atoms with Gasteiger partial charge in [0.25, 0.3) is 0 Å². The van der Waals surface area contributed by atoms with E-state index in [9.17, 15) is 0 Å². The summed E-state index contributed by atoms with van der Waals surface area (Å²) in [5.74, 6) is 0.911. The number of para-hydroxylation sites is 1. The van der Waals surface area contributed by atoms with Gasteiger partial charge in [0, 0.05) is 5.56 Å². The van der Waals surface area contributed by atoms with E-state index in [2.05, 4.69) is 66.7 Å². The maximum Gasteiger partial charge on any atom is 0.126 e. The molecule has 0 heterocycles. The fourth-order valence-electron chi connectivity index (χ4n) is 3.91. The Labute approximate surface area is 141 Å². The molecule has 0 radical (unpaired) electrons. The van der Waals surface area contributed by atoms with Crippen molar-refractivity contribution in [3.63, 3.8) is 0 Å². The molecule has 4 aromatic rings. The molecular formula is C23H16O. The van der Waals surface area contributed by atoms with Crippen molar-refractivity contribution >= 4 is 10.8 Å². The molecule has 5 rings (SSSR count). The van der Waals surface area contributed by atoms with Crippen molar-refractivity contribution in [3.05, 3.63) is 78.9 Å². The number of rotatable bonds is 2. The number of ether oxygens (including phenoxy) is 1. The van der Waals surface area contributed by atoms with Crippen LogP contribution in [0.4, 0.5) is 0 Å². The summed E-state index contributed by atoms with van der Waals surface area (Å²) in [6.07, 6.45) is 0. The van der Waals surface area contributed by atoms with E-state index in [-0.39, 0.29) is 0 Å². The topological polar surface area (TPSA) is 9.23 Å². The second-order valence-electron chi connectivity index (χ2n) is 6.13. The Morgan fingerprint density at radius 3 is 1.83 bits per heavy atom. The Kier molecular flexibility index (Phi) is 2.77. The summed E-state index contributed by atoms with van der Waals surface area (Å²) in [6.45, 7) is 0. The van der Waals surface area contributed by atoms with Crippen molar-refractivity contribution < 1.29 is 4.74 Å². The van der Waals surface area contributed by atoms with Gasteiger partial charge in [-0.2, -0.15) is 0 Å². The summed E-state index contributed by atoms with van der Waals surface area (Å²) in [5.41, 5.74) is 7.68. The average molecular weight is 308 g/mol. The highest BCUT2D eigenvalue weighted by atomic mass is 16.5. The fourth-order valence-corrected chi connectivity index (χ4v) is 3.91. The van der Waals surface area contributed by atoms with Gasteiger partial charge in [0.2, 0.25) is 0 Å². The first-order valence-electron chi connectivity index (χ1n) is 8.17. The second kappa shape index (κ2) is 4.97. The maximum absolute atomic E-state index is 5.59. The third kappa shape index (κ3) is 1.70. The molecule has 1 heteroatoms. The SMILES string of the molecule is COc1ccccc1-c1ccc2c3c(cccc13)-c1ccccc1-2. The maximum atomic E-state index is 5.59. The molecular weight excluding hydrogens is 292 g/mol. The highest BCUT2D eigenvalue weighted by Crippen LogP contribution is 2.49. The molecule has 1 nitrogen and oxygen atoms in total. The average Bonchev–Trinajstić information content (AvgIpc) is 2.98. The minimum absolute atomic E-state index is 0.911. The van der Waals surface area contributed by atoms with E-state index in [1.807, 2.05) is 12.1 Å². The molecule has 0 atom stereocenters. The molecule has 0 unspecified atom stereocenters. The summed E-state index contributed by atoms with van der Waals surface area (Å²) in [5, 5.41) is 2.63. The van der Waals surface area contributed by atoms with Crippen LogP contribution in [0.1, 0.15) is 0 Å². The van der Waals surface area contributed by atoms with Gasteiger partial charge in [-0.25, -0.2) is 0 Å². The largest absolute Gasteiger partial charge is 0.496 e. The number of fused-ring (bicyclic) bond motifs is 3. The van der Waals surface area contributed by atoms with E-state index in [0.29, 0.717) is 0 Å². The van der Waals surface area contributed by atoms with Crippen molar-refractivity contribution in [1.82, 2.24) is 0 Å². The van der Waals surface area contributed by atoms with E-state index in [1.54, 1.807) is 7.11 Å². The zero-order valence-electron chi connectivity index (χ0n) is 13.4. The minimum atomic E-state index is 0.911. The molecule has 0 spiro atoms. The lowest BCUT2D eigenvalue weighted by Gasteiger charge is -2.12. The van der Waals surface area contributed by atoms with E-state index in [0.717, 1.165) is 11.3 Å². The molecule has 24 heavy (non-hydrogen) atoms. The summed E-state index contributed by atoms with van der Waals surface area (Å²) in [4.78, 5) is 0. The van der Waals surface area contributed by atoms with Crippen LogP contribution in [-0.2, 0) is 0 Å². The summed E-state index contributed by atoms with van der Waals surface area (Å²) < 4.78 is 5.59. The highest BCUT2D eigenvalue weighted by Gasteiger charge is 2.22. The Morgan fingerprint density at radius 1 is 0.500 bits per heavy atom. The van der Waals surface area contributed by atoms with Crippen LogP contribution in [0.2, 0.25) is 0 Å². The van der Waals surface area contributed by atoms with Gasteiger partial charge in [-0.3, -0.25) is 0 Å². The molecule has 0 saturated carbocycles. The predicted octanol–water partition coefficient (Wildman–Crippen LogP) is 6.16. The molecule has 0 aromatic heterocycles. The van der Waals surface area contributed by atoms with Crippen LogP contribution in [-0.4, -0.2) is 7.11 Å². The van der Waals surface area contributed by atoms with E-state index >= 15 is 0 Å². The van der Waals surface area contributed by atoms with Crippen LogP contribution in [0.15, 0.2) is 78.9 Å². The standard InChI is InChI=1S/C23H16O/c1-24-22-12-5-4-9-18(22)17-13-14-21-16-8-3-2-7-15(16)19-10-6-11-20(17)23(19)21/h2-14H,1H3. The zero-order valence-corrected chi connectivity index (χ0v) is 13.4. The van der Waals surface area contributed by atoms with Gasteiger partial charge in [0.05, 0.1) is 7.11 Å². The fraction of sp³-hybridized carbons (Fsp3) is 0.0435. The normalized spacial score (nSPS) is 11.5.